The van der Waals surface area contributed by atoms with Gasteiger partial charge in [0.15, 0.2) is 11.5 Å². The van der Waals surface area contributed by atoms with Crippen molar-refractivity contribution >= 4 is 11.8 Å². The summed E-state index contributed by atoms with van der Waals surface area (Å²) in [6, 6.07) is 7.43. The van der Waals surface area contributed by atoms with Crippen LogP contribution in [0.2, 0.25) is 0 Å². The molecular weight excluding hydrogens is 328 g/mol. The number of allylic oxidation sites excluding steroid dienone is 2. The summed E-state index contributed by atoms with van der Waals surface area (Å²) in [5.41, 5.74) is 12.9. The lowest BCUT2D eigenvalue weighted by atomic mass is 9.85. The lowest BCUT2D eigenvalue weighted by molar-refractivity contribution is 0.347. The van der Waals surface area contributed by atoms with Crippen LogP contribution in [-0.2, 0) is 0 Å². The maximum atomic E-state index is 9.51. The summed E-state index contributed by atoms with van der Waals surface area (Å²) in [4.78, 5) is 0. The zero-order valence-corrected chi connectivity index (χ0v) is 14.2. The Hall–Kier alpha value is -2.97. The first-order valence-corrected chi connectivity index (χ1v) is 7.61. The molecule has 0 spiro atoms. The molecule has 24 heavy (non-hydrogen) atoms. The number of rotatable bonds is 4. The van der Waals surface area contributed by atoms with Crippen molar-refractivity contribution in [3.05, 3.63) is 38.9 Å². The van der Waals surface area contributed by atoms with E-state index in [2.05, 4.69) is 12.1 Å². The average molecular weight is 344 g/mol. The van der Waals surface area contributed by atoms with Gasteiger partial charge in [-0.25, -0.2) is 0 Å². The SMILES string of the molecule is COc1cc(OC)c(C2C(C#N)=C(N)SC(N)=C2C#N)cc1OC. The van der Waals surface area contributed by atoms with Gasteiger partial charge in [-0.3, -0.25) is 0 Å². The van der Waals surface area contributed by atoms with Gasteiger partial charge in [-0.05, 0) is 6.07 Å². The second-order valence-corrected chi connectivity index (χ2v) is 5.85. The van der Waals surface area contributed by atoms with Crippen molar-refractivity contribution < 1.29 is 14.2 Å². The van der Waals surface area contributed by atoms with Crippen LogP contribution in [0.25, 0.3) is 0 Å². The van der Waals surface area contributed by atoms with E-state index in [-0.39, 0.29) is 21.2 Å². The average Bonchev–Trinajstić information content (AvgIpc) is 2.59. The maximum absolute atomic E-state index is 9.51. The number of ether oxygens (including phenoxy) is 3. The molecule has 124 valence electrons. The van der Waals surface area contributed by atoms with Crippen molar-refractivity contribution in [2.24, 2.45) is 11.5 Å². The van der Waals surface area contributed by atoms with Crippen LogP contribution in [-0.4, -0.2) is 21.3 Å². The van der Waals surface area contributed by atoms with Crippen molar-refractivity contribution in [1.82, 2.24) is 0 Å². The van der Waals surface area contributed by atoms with Gasteiger partial charge < -0.3 is 25.7 Å². The number of nitriles is 2. The van der Waals surface area contributed by atoms with Crippen LogP contribution in [0, 0.1) is 22.7 Å². The van der Waals surface area contributed by atoms with Gasteiger partial charge in [-0.15, -0.1) is 0 Å². The van der Waals surface area contributed by atoms with Crippen molar-refractivity contribution in [2.75, 3.05) is 21.3 Å². The molecule has 4 N–H and O–H groups in total. The van der Waals surface area contributed by atoms with Crippen LogP contribution in [0.15, 0.2) is 33.3 Å². The molecule has 1 aromatic carbocycles. The molecule has 0 radical (unpaired) electrons. The van der Waals surface area contributed by atoms with E-state index in [0.29, 0.717) is 22.8 Å². The Kier molecular flexibility index (Phi) is 5.12. The Labute approximate surface area is 144 Å². The Balaban J connectivity index is 2.78. The van der Waals surface area contributed by atoms with Crippen LogP contribution in [0.4, 0.5) is 0 Å². The van der Waals surface area contributed by atoms with Gasteiger partial charge in [0.25, 0.3) is 0 Å². The predicted molar refractivity (Wildman–Crippen MR) is 90.1 cm³/mol. The fourth-order valence-electron chi connectivity index (χ4n) is 2.49. The molecule has 7 nitrogen and oxygen atoms in total. The molecule has 0 saturated heterocycles. The summed E-state index contributed by atoms with van der Waals surface area (Å²) >= 11 is 1.01. The van der Waals surface area contributed by atoms with Crippen LogP contribution < -0.4 is 25.7 Å². The van der Waals surface area contributed by atoms with Crippen molar-refractivity contribution in [1.29, 1.82) is 10.5 Å². The van der Waals surface area contributed by atoms with Gasteiger partial charge in [0, 0.05) is 11.6 Å². The molecule has 1 aromatic rings. The molecule has 2 rings (SSSR count). The predicted octanol–water partition coefficient (Wildman–Crippen LogP) is 1.93. The van der Waals surface area contributed by atoms with E-state index in [4.69, 9.17) is 25.7 Å². The number of thioether (sulfide) groups is 1. The topological polar surface area (TPSA) is 127 Å². The largest absolute Gasteiger partial charge is 0.496 e. The normalized spacial score (nSPS) is 14.9. The number of hydrogen-bond acceptors (Lipinski definition) is 8. The summed E-state index contributed by atoms with van der Waals surface area (Å²) in [5, 5.41) is 19.5. The number of nitrogens with two attached hydrogens (primary N) is 2. The minimum atomic E-state index is -0.726. The summed E-state index contributed by atoms with van der Waals surface area (Å²) < 4.78 is 16.0. The molecule has 0 atom stereocenters. The van der Waals surface area contributed by atoms with Crippen molar-refractivity contribution in [3.63, 3.8) is 0 Å². The highest BCUT2D eigenvalue weighted by Gasteiger charge is 2.34. The molecule has 0 aliphatic carbocycles. The minimum Gasteiger partial charge on any atom is -0.496 e. The molecular formula is C16H16N4O3S. The quantitative estimate of drug-likeness (QED) is 0.848. The zero-order valence-electron chi connectivity index (χ0n) is 13.4. The van der Waals surface area contributed by atoms with Gasteiger partial charge in [0.05, 0.1) is 60.6 Å². The monoisotopic (exact) mass is 344 g/mol. The van der Waals surface area contributed by atoms with E-state index in [1.165, 1.54) is 21.3 Å². The third-order valence-electron chi connectivity index (χ3n) is 3.62. The van der Waals surface area contributed by atoms with E-state index < -0.39 is 5.92 Å². The highest BCUT2D eigenvalue weighted by atomic mass is 32.2. The highest BCUT2D eigenvalue weighted by Crippen LogP contribution is 2.48. The van der Waals surface area contributed by atoms with Crippen LogP contribution in [0.5, 0.6) is 17.2 Å². The molecule has 0 aromatic heterocycles. The smallest absolute Gasteiger partial charge is 0.164 e. The maximum Gasteiger partial charge on any atom is 0.164 e. The van der Waals surface area contributed by atoms with E-state index >= 15 is 0 Å². The Morgan fingerprint density at radius 3 is 1.75 bits per heavy atom. The molecule has 0 saturated carbocycles. The second-order valence-electron chi connectivity index (χ2n) is 4.76. The number of methoxy groups -OCH3 is 3. The molecule has 0 unspecified atom stereocenters. The number of nitrogens with zero attached hydrogens (tertiary/aromatic N) is 2. The molecule has 0 amide bonds. The Morgan fingerprint density at radius 1 is 0.875 bits per heavy atom. The molecule has 1 aliphatic rings. The summed E-state index contributed by atoms with van der Waals surface area (Å²) in [6.07, 6.45) is 0. The van der Waals surface area contributed by atoms with Gasteiger partial charge in [-0.2, -0.15) is 10.5 Å². The van der Waals surface area contributed by atoms with E-state index in [0.717, 1.165) is 11.8 Å². The first kappa shape index (κ1) is 17.4. The lowest BCUT2D eigenvalue weighted by Crippen LogP contribution is -2.19. The van der Waals surface area contributed by atoms with E-state index in [9.17, 15) is 10.5 Å². The molecule has 1 aliphatic heterocycles. The first-order valence-electron chi connectivity index (χ1n) is 6.79. The lowest BCUT2D eigenvalue weighted by Gasteiger charge is -2.25. The summed E-state index contributed by atoms with van der Waals surface area (Å²) in [7, 11) is 4.49. The van der Waals surface area contributed by atoms with Crippen molar-refractivity contribution in [3.8, 4) is 29.4 Å². The van der Waals surface area contributed by atoms with E-state index in [1.807, 2.05) is 0 Å². The van der Waals surface area contributed by atoms with Gasteiger partial charge in [0.2, 0.25) is 0 Å². The van der Waals surface area contributed by atoms with Gasteiger partial charge in [0.1, 0.15) is 5.75 Å². The fourth-order valence-corrected chi connectivity index (χ4v) is 3.27. The minimum absolute atomic E-state index is 0.247. The summed E-state index contributed by atoms with van der Waals surface area (Å²) in [5.74, 6) is 0.620. The standard InChI is InChI=1S/C16H16N4O3S/c1-21-11-5-13(23-3)12(22-2)4-8(11)14-9(6-17)15(19)24-16(20)10(14)7-18/h4-5,14H,19-20H2,1-3H3. The number of hydrogen-bond donors (Lipinski definition) is 2. The fraction of sp³-hybridized carbons (Fsp3) is 0.250. The third-order valence-corrected chi connectivity index (χ3v) is 4.50. The molecule has 8 heteroatoms. The molecule has 1 heterocycles. The van der Waals surface area contributed by atoms with Gasteiger partial charge >= 0.3 is 0 Å². The third kappa shape index (κ3) is 2.80. The first-order chi connectivity index (χ1) is 11.5. The second kappa shape index (κ2) is 7.07. The van der Waals surface area contributed by atoms with E-state index in [1.54, 1.807) is 12.1 Å². The summed E-state index contributed by atoms with van der Waals surface area (Å²) in [6.45, 7) is 0. The van der Waals surface area contributed by atoms with Crippen LogP contribution >= 0.6 is 11.8 Å². The van der Waals surface area contributed by atoms with Gasteiger partial charge in [-0.1, -0.05) is 11.8 Å². The van der Waals surface area contributed by atoms with Crippen LogP contribution in [0.3, 0.4) is 0 Å². The molecule has 0 fully saturated rings. The van der Waals surface area contributed by atoms with Crippen molar-refractivity contribution in [2.45, 2.75) is 5.92 Å². The number of benzene rings is 1. The Morgan fingerprint density at radius 2 is 1.33 bits per heavy atom. The zero-order chi connectivity index (χ0) is 17.9. The molecule has 0 bridgehead atoms. The van der Waals surface area contributed by atoms with Crippen LogP contribution in [0.1, 0.15) is 11.5 Å². The highest BCUT2D eigenvalue weighted by molar-refractivity contribution is 8.06. The Bertz CT molecular complexity index is 782.